The number of carbonyl (C=O) groups excluding carboxylic acids is 1. The summed E-state index contributed by atoms with van der Waals surface area (Å²) in [4.78, 5) is 25.8. The van der Waals surface area contributed by atoms with Crippen molar-refractivity contribution in [2.75, 3.05) is 0 Å². The maximum atomic E-state index is 12.5. The van der Waals surface area contributed by atoms with Crippen molar-refractivity contribution in [1.82, 2.24) is 9.99 Å². The predicted octanol–water partition coefficient (Wildman–Crippen LogP) is 3.61. The second-order valence-corrected chi connectivity index (χ2v) is 7.51. The minimum atomic E-state index is -0.514. The van der Waals surface area contributed by atoms with E-state index in [1.807, 2.05) is 35.8 Å². The molecule has 0 saturated heterocycles. The highest BCUT2D eigenvalue weighted by molar-refractivity contribution is 9.11. The van der Waals surface area contributed by atoms with Gasteiger partial charge in [-0.25, -0.2) is 5.43 Å². The molecule has 0 unspecified atom stereocenters. The molecule has 2 heterocycles. The minimum Gasteiger partial charge on any atom is -0.347 e. The van der Waals surface area contributed by atoms with Crippen LogP contribution in [0.15, 0.2) is 56.3 Å². The van der Waals surface area contributed by atoms with Crippen LogP contribution in [-0.2, 0) is 6.54 Å². The van der Waals surface area contributed by atoms with Gasteiger partial charge in [-0.2, -0.15) is 5.10 Å². The third-order valence-corrected chi connectivity index (χ3v) is 5.08. The van der Waals surface area contributed by atoms with Crippen LogP contribution in [0, 0.1) is 0 Å². The number of nitrogens with one attached hydrogen (secondary N) is 1. The molecule has 1 N–H and O–H groups in total. The summed E-state index contributed by atoms with van der Waals surface area (Å²) >= 11 is 4.86. The van der Waals surface area contributed by atoms with Crippen LogP contribution in [-0.4, -0.2) is 16.7 Å². The van der Waals surface area contributed by atoms with E-state index < -0.39 is 5.91 Å². The second-order valence-electron chi connectivity index (χ2n) is 5.02. The monoisotopic (exact) mass is 403 g/mol. The molecule has 0 fully saturated rings. The number of hydrogen-bond donors (Lipinski definition) is 1. The lowest BCUT2D eigenvalue weighted by molar-refractivity contribution is 0.0953. The average molecular weight is 404 g/mol. The lowest BCUT2D eigenvalue weighted by Crippen LogP contribution is -2.26. The Morgan fingerprint density at radius 1 is 1.33 bits per heavy atom. The van der Waals surface area contributed by atoms with Gasteiger partial charge in [0.15, 0.2) is 0 Å². The number of hydrogen-bond acceptors (Lipinski definition) is 4. The molecular weight excluding hydrogens is 390 g/mol. The van der Waals surface area contributed by atoms with Crippen LogP contribution < -0.4 is 10.9 Å². The van der Waals surface area contributed by atoms with Gasteiger partial charge in [0, 0.05) is 23.0 Å². The summed E-state index contributed by atoms with van der Waals surface area (Å²) in [5.41, 5.74) is 3.03. The summed E-state index contributed by atoms with van der Waals surface area (Å²) < 4.78 is 2.86. The Bertz CT molecular complexity index is 991. The van der Waals surface area contributed by atoms with Gasteiger partial charge in [0.25, 0.3) is 5.91 Å². The number of nitrogens with zero attached hydrogens (tertiary/aromatic N) is 2. The normalized spacial score (nSPS) is 11.2. The summed E-state index contributed by atoms with van der Waals surface area (Å²) in [5.74, 6) is -0.514. The number of fused-ring (bicyclic) bond motifs is 1. The molecule has 1 aromatic carbocycles. The van der Waals surface area contributed by atoms with Gasteiger partial charge < -0.3 is 4.57 Å². The number of thiophene rings is 1. The van der Waals surface area contributed by atoms with Crippen molar-refractivity contribution in [2.24, 2.45) is 5.10 Å². The van der Waals surface area contributed by atoms with Crippen LogP contribution >= 0.6 is 27.3 Å². The van der Waals surface area contributed by atoms with Crippen molar-refractivity contribution in [3.05, 3.63) is 67.0 Å². The zero-order valence-electron chi connectivity index (χ0n) is 12.8. The first-order chi connectivity index (χ1) is 11.6. The Kier molecular flexibility index (Phi) is 4.92. The highest BCUT2D eigenvalue weighted by Crippen LogP contribution is 2.20. The fourth-order valence-electron chi connectivity index (χ4n) is 2.38. The fourth-order valence-corrected chi connectivity index (χ4v) is 3.68. The topological polar surface area (TPSA) is 63.5 Å². The maximum absolute atomic E-state index is 12.5. The molecule has 1 amide bonds. The molecular formula is C17H14BrN3O2S. The Balaban J connectivity index is 1.91. The molecule has 24 heavy (non-hydrogen) atoms. The molecule has 7 heteroatoms. The molecule has 5 nitrogen and oxygen atoms in total. The minimum absolute atomic E-state index is 0.0834. The van der Waals surface area contributed by atoms with Gasteiger partial charge >= 0.3 is 0 Å². The molecule has 3 aromatic rings. The maximum Gasteiger partial charge on any atom is 0.276 e. The van der Waals surface area contributed by atoms with Gasteiger partial charge in [-0.3, -0.25) is 9.59 Å². The summed E-state index contributed by atoms with van der Waals surface area (Å²) in [5, 5.41) is 4.45. The van der Waals surface area contributed by atoms with Crippen molar-refractivity contribution < 1.29 is 4.79 Å². The first-order valence-electron chi connectivity index (χ1n) is 7.31. The third kappa shape index (κ3) is 3.32. The van der Waals surface area contributed by atoms with E-state index in [9.17, 15) is 9.59 Å². The summed E-state index contributed by atoms with van der Waals surface area (Å²) in [6.45, 7) is 2.62. The molecule has 0 saturated carbocycles. The summed E-state index contributed by atoms with van der Waals surface area (Å²) in [6, 6.07) is 11.0. The number of aromatic nitrogens is 1. The lowest BCUT2D eigenvalue weighted by Gasteiger charge is -2.10. The van der Waals surface area contributed by atoms with E-state index in [2.05, 4.69) is 26.5 Å². The zero-order valence-corrected chi connectivity index (χ0v) is 15.2. The molecule has 0 aliphatic carbocycles. The number of para-hydroxylation sites is 1. The van der Waals surface area contributed by atoms with E-state index in [0.29, 0.717) is 11.9 Å². The van der Waals surface area contributed by atoms with Crippen molar-refractivity contribution in [3.63, 3.8) is 0 Å². The van der Waals surface area contributed by atoms with E-state index in [1.165, 1.54) is 11.3 Å². The molecule has 0 aliphatic rings. The second kappa shape index (κ2) is 7.11. The first kappa shape index (κ1) is 16.6. The van der Waals surface area contributed by atoms with E-state index in [4.69, 9.17) is 0 Å². The fraction of sp³-hybridized carbons (Fsp3) is 0.118. The largest absolute Gasteiger partial charge is 0.347 e. The molecule has 2 aromatic heterocycles. The molecule has 0 radical (unpaired) electrons. The molecule has 0 spiro atoms. The first-order valence-corrected chi connectivity index (χ1v) is 8.92. The van der Waals surface area contributed by atoms with Crippen LogP contribution in [0.2, 0.25) is 0 Å². The molecule has 3 rings (SSSR count). The van der Waals surface area contributed by atoms with Gasteiger partial charge in [-0.15, -0.1) is 11.3 Å². The van der Waals surface area contributed by atoms with Gasteiger partial charge in [0.2, 0.25) is 5.43 Å². The van der Waals surface area contributed by atoms with Crippen LogP contribution in [0.4, 0.5) is 0 Å². The number of carbonyl (C=O) groups is 1. The Morgan fingerprint density at radius 2 is 2.12 bits per heavy atom. The molecule has 0 bridgehead atoms. The van der Waals surface area contributed by atoms with Crippen LogP contribution in [0.25, 0.3) is 10.9 Å². The number of aryl methyl sites for hydroxylation is 1. The van der Waals surface area contributed by atoms with Crippen LogP contribution in [0.5, 0.6) is 0 Å². The number of halogens is 1. The summed E-state index contributed by atoms with van der Waals surface area (Å²) in [7, 11) is 0. The Labute approximate surface area is 150 Å². The number of benzene rings is 1. The quantitative estimate of drug-likeness (QED) is 0.534. The van der Waals surface area contributed by atoms with Crippen molar-refractivity contribution >= 4 is 50.3 Å². The van der Waals surface area contributed by atoms with Crippen LogP contribution in [0.1, 0.15) is 22.2 Å². The number of hydrazone groups is 1. The number of pyridine rings is 1. The average Bonchev–Trinajstić information content (AvgIpc) is 3.00. The van der Waals surface area contributed by atoms with Crippen molar-refractivity contribution in [2.45, 2.75) is 13.5 Å². The molecule has 122 valence electrons. The molecule has 0 aliphatic heterocycles. The molecule has 0 atom stereocenters. The van der Waals surface area contributed by atoms with Crippen molar-refractivity contribution in [3.8, 4) is 0 Å². The van der Waals surface area contributed by atoms with Gasteiger partial charge in [0.05, 0.1) is 15.5 Å². The van der Waals surface area contributed by atoms with E-state index in [0.717, 1.165) is 14.2 Å². The smallest absolute Gasteiger partial charge is 0.276 e. The van der Waals surface area contributed by atoms with Gasteiger partial charge in [0.1, 0.15) is 5.56 Å². The lowest BCUT2D eigenvalue weighted by atomic mass is 10.1. The standard InChI is InChI=1S/C17H14BrN3O2S/c1-2-21-10-13(16(22)12-5-3-4-6-14(12)21)17(23)20-19-9-11-7-8-15(18)24-11/h3-10H,2H2,1H3,(H,20,23)/b19-9+. The van der Waals surface area contributed by atoms with Gasteiger partial charge in [-0.05, 0) is 47.1 Å². The van der Waals surface area contributed by atoms with Gasteiger partial charge in [-0.1, -0.05) is 12.1 Å². The highest BCUT2D eigenvalue weighted by atomic mass is 79.9. The zero-order chi connectivity index (χ0) is 17.1. The van der Waals surface area contributed by atoms with E-state index in [-0.39, 0.29) is 11.0 Å². The van der Waals surface area contributed by atoms with Crippen LogP contribution in [0.3, 0.4) is 0 Å². The Morgan fingerprint density at radius 3 is 2.83 bits per heavy atom. The SMILES string of the molecule is CCn1cc(C(=O)N/N=C/c2ccc(Br)s2)c(=O)c2ccccc21. The highest BCUT2D eigenvalue weighted by Gasteiger charge is 2.14. The predicted molar refractivity (Wildman–Crippen MR) is 101 cm³/mol. The Hall–Kier alpha value is -2.25. The number of rotatable bonds is 4. The van der Waals surface area contributed by atoms with E-state index >= 15 is 0 Å². The van der Waals surface area contributed by atoms with E-state index in [1.54, 1.807) is 24.5 Å². The number of amides is 1. The summed E-state index contributed by atoms with van der Waals surface area (Å²) in [6.07, 6.45) is 3.13. The van der Waals surface area contributed by atoms with Crippen molar-refractivity contribution in [1.29, 1.82) is 0 Å². The third-order valence-electron chi connectivity index (χ3n) is 3.52.